The van der Waals surface area contributed by atoms with E-state index in [1.54, 1.807) is 0 Å². The molecule has 0 aromatic heterocycles. The molecule has 0 amide bonds. The van der Waals surface area contributed by atoms with Crippen LogP contribution in [-0.2, 0) is 9.53 Å². The molecule has 1 fully saturated rings. The summed E-state index contributed by atoms with van der Waals surface area (Å²) in [4.78, 5) is 12.0. The highest BCUT2D eigenvalue weighted by molar-refractivity contribution is 6.21. The van der Waals surface area contributed by atoms with Gasteiger partial charge in [0.15, 0.2) is 0 Å². The first kappa shape index (κ1) is 17.6. The number of alkyl halides is 1. The van der Waals surface area contributed by atoms with E-state index in [2.05, 4.69) is 24.3 Å². The summed E-state index contributed by atoms with van der Waals surface area (Å²) in [7, 11) is 0. The molecule has 22 heavy (non-hydrogen) atoms. The Bertz CT molecular complexity index is 419. The predicted octanol–water partition coefficient (Wildman–Crippen LogP) is 3.99. The molecule has 1 saturated carbocycles. The molecule has 3 nitrogen and oxygen atoms in total. The molecule has 0 spiro atoms. The second kappa shape index (κ2) is 8.73. The van der Waals surface area contributed by atoms with Crippen molar-refractivity contribution in [3.63, 3.8) is 0 Å². The first-order valence-electron chi connectivity index (χ1n) is 8.46. The number of hydrogen-bond acceptors (Lipinski definition) is 3. The van der Waals surface area contributed by atoms with Crippen LogP contribution in [0.15, 0.2) is 24.3 Å². The summed E-state index contributed by atoms with van der Waals surface area (Å²) in [5.41, 5.74) is 0. The molecule has 1 N–H and O–H groups in total. The van der Waals surface area contributed by atoms with Gasteiger partial charge in [-0.2, -0.15) is 0 Å². The molecule has 2 aliphatic rings. The average molecular weight is 327 g/mol. The molecule has 0 aromatic carbocycles. The third-order valence-electron chi connectivity index (χ3n) is 4.72. The standard InChI is InChI=1S/C18H27ClO3/c1-2-16-14-12-15(19)18(21)13(14)10-8-6-4-3-5-7-9-11-17(20)22-16/h3-4,8,10,13-16,18,21H,2,5-7,9,11-12H2,1H3/b4-3-,10-8-. The summed E-state index contributed by atoms with van der Waals surface area (Å²) in [6, 6.07) is 0. The lowest BCUT2D eigenvalue weighted by molar-refractivity contribution is -0.153. The Morgan fingerprint density at radius 3 is 2.91 bits per heavy atom. The Labute approximate surface area is 138 Å². The Kier molecular flexibility index (Phi) is 6.97. The zero-order chi connectivity index (χ0) is 15.9. The van der Waals surface area contributed by atoms with Gasteiger partial charge >= 0.3 is 5.97 Å². The van der Waals surface area contributed by atoms with Crippen LogP contribution in [0.2, 0.25) is 0 Å². The van der Waals surface area contributed by atoms with Gasteiger partial charge in [0.1, 0.15) is 6.10 Å². The van der Waals surface area contributed by atoms with Crippen molar-refractivity contribution in [3.8, 4) is 0 Å². The molecule has 1 heterocycles. The number of carbonyl (C=O) groups is 1. The van der Waals surface area contributed by atoms with Crippen LogP contribution in [0, 0.1) is 11.8 Å². The topological polar surface area (TPSA) is 46.5 Å². The summed E-state index contributed by atoms with van der Waals surface area (Å²) in [6.07, 6.45) is 13.4. The molecule has 0 saturated heterocycles. The highest BCUT2D eigenvalue weighted by Gasteiger charge is 2.44. The van der Waals surface area contributed by atoms with E-state index < -0.39 is 6.10 Å². The van der Waals surface area contributed by atoms with Gasteiger partial charge in [-0.3, -0.25) is 4.79 Å². The maximum absolute atomic E-state index is 12.0. The monoisotopic (exact) mass is 326 g/mol. The molecule has 4 heteroatoms. The molecule has 0 bridgehead atoms. The zero-order valence-corrected chi connectivity index (χ0v) is 14.0. The Hall–Kier alpha value is -0.800. The molecular formula is C18H27ClO3. The number of esters is 1. The number of aliphatic hydroxyl groups excluding tert-OH is 1. The van der Waals surface area contributed by atoms with Gasteiger partial charge in [-0.05, 0) is 38.5 Å². The zero-order valence-electron chi connectivity index (χ0n) is 13.3. The third kappa shape index (κ3) is 4.60. The van der Waals surface area contributed by atoms with E-state index in [1.807, 2.05) is 6.92 Å². The second-order valence-electron chi connectivity index (χ2n) is 6.30. The van der Waals surface area contributed by atoms with Crippen LogP contribution in [0.5, 0.6) is 0 Å². The average Bonchev–Trinajstić information content (AvgIpc) is 2.78. The number of rotatable bonds is 1. The Morgan fingerprint density at radius 2 is 2.14 bits per heavy atom. The number of halogens is 1. The molecular weight excluding hydrogens is 300 g/mol. The van der Waals surface area contributed by atoms with Gasteiger partial charge in [-0.1, -0.05) is 31.2 Å². The number of fused-ring (bicyclic) bond motifs is 1. The molecule has 0 aromatic rings. The van der Waals surface area contributed by atoms with E-state index >= 15 is 0 Å². The van der Waals surface area contributed by atoms with E-state index in [1.165, 1.54) is 0 Å². The Balaban J connectivity index is 2.16. The number of allylic oxidation sites excluding steroid dienone is 3. The predicted molar refractivity (Wildman–Crippen MR) is 88.8 cm³/mol. The fourth-order valence-corrected chi connectivity index (χ4v) is 3.84. The van der Waals surface area contributed by atoms with Gasteiger partial charge < -0.3 is 9.84 Å². The quantitative estimate of drug-likeness (QED) is 0.450. The lowest BCUT2D eigenvalue weighted by Gasteiger charge is -2.27. The second-order valence-corrected chi connectivity index (χ2v) is 6.86. The fourth-order valence-electron chi connectivity index (χ4n) is 3.47. The van der Waals surface area contributed by atoms with Crippen molar-refractivity contribution in [3.05, 3.63) is 24.3 Å². The van der Waals surface area contributed by atoms with Gasteiger partial charge in [-0.15, -0.1) is 11.6 Å². The van der Waals surface area contributed by atoms with Crippen molar-refractivity contribution in [2.75, 3.05) is 0 Å². The minimum atomic E-state index is -0.562. The first-order chi connectivity index (χ1) is 10.6. The lowest BCUT2D eigenvalue weighted by Crippen LogP contribution is -2.31. The van der Waals surface area contributed by atoms with E-state index in [0.717, 1.165) is 32.1 Å². The van der Waals surface area contributed by atoms with Crippen molar-refractivity contribution in [1.82, 2.24) is 0 Å². The first-order valence-corrected chi connectivity index (χ1v) is 8.90. The van der Waals surface area contributed by atoms with E-state index in [9.17, 15) is 9.90 Å². The number of hydrogen-bond donors (Lipinski definition) is 1. The van der Waals surface area contributed by atoms with E-state index in [4.69, 9.17) is 16.3 Å². The largest absolute Gasteiger partial charge is 0.462 e. The Morgan fingerprint density at radius 1 is 1.32 bits per heavy atom. The molecule has 2 rings (SSSR count). The number of ether oxygens (including phenoxy) is 1. The maximum atomic E-state index is 12.0. The summed E-state index contributed by atoms with van der Waals surface area (Å²) in [5.74, 6) is -0.0469. The summed E-state index contributed by atoms with van der Waals surface area (Å²) >= 11 is 6.26. The van der Waals surface area contributed by atoms with Crippen LogP contribution in [0.4, 0.5) is 0 Å². The van der Waals surface area contributed by atoms with Gasteiger partial charge in [0.25, 0.3) is 0 Å². The van der Waals surface area contributed by atoms with Crippen molar-refractivity contribution in [1.29, 1.82) is 0 Å². The highest BCUT2D eigenvalue weighted by atomic mass is 35.5. The number of cyclic esters (lactones) is 1. The molecule has 124 valence electrons. The van der Waals surface area contributed by atoms with Gasteiger partial charge in [-0.25, -0.2) is 0 Å². The van der Waals surface area contributed by atoms with Crippen molar-refractivity contribution in [2.45, 2.75) is 69.5 Å². The van der Waals surface area contributed by atoms with Crippen LogP contribution < -0.4 is 0 Å². The fraction of sp³-hybridized carbons (Fsp3) is 0.722. The van der Waals surface area contributed by atoms with E-state index in [0.29, 0.717) is 12.8 Å². The molecule has 5 atom stereocenters. The lowest BCUT2D eigenvalue weighted by atomic mass is 9.88. The number of aliphatic hydroxyl groups is 1. The minimum absolute atomic E-state index is 0.0309. The summed E-state index contributed by atoms with van der Waals surface area (Å²) in [6.45, 7) is 2.03. The van der Waals surface area contributed by atoms with Crippen LogP contribution in [0.25, 0.3) is 0 Å². The smallest absolute Gasteiger partial charge is 0.306 e. The van der Waals surface area contributed by atoms with E-state index in [-0.39, 0.29) is 29.3 Å². The van der Waals surface area contributed by atoms with Crippen molar-refractivity contribution < 1.29 is 14.6 Å². The van der Waals surface area contributed by atoms with Gasteiger partial charge in [0.05, 0.1) is 11.5 Å². The van der Waals surface area contributed by atoms with Crippen LogP contribution in [0.1, 0.15) is 51.9 Å². The summed E-state index contributed by atoms with van der Waals surface area (Å²) < 4.78 is 5.69. The highest BCUT2D eigenvalue weighted by Crippen LogP contribution is 2.40. The number of carbonyl (C=O) groups excluding carboxylic acids is 1. The molecule has 1 aliphatic carbocycles. The van der Waals surface area contributed by atoms with Gasteiger partial charge in [0.2, 0.25) is 0 Å². The normalized spacial score (nSPS) is 40.3. The van der Waals surface area contributed by atoms with Crippen molar-refractivity contribution >= 4 is 17.6 Å². The van der Waals surface area contributed by atoms with Crippen LogP contribution >= 0.6 is 11.6 Å². The van der Waals surface area contributed by atoms with Crippen molar-refractivity contribution in [2.24, 2.45) is 11.8 Å². The third-order valence-corrected chi connectivity index (χ3v) is 5.15. The molecule has 5 unspecified atom stereocenters. The summed E-state index contributed by atoms with van der Waals surface area (Å²) in [5, 5.41) is 10.1. The SMILES string of the molecule is CCC1OC(=O)CCCC/C=C\C/C=C\C2C(O)C(Cl)CC12. The molecule has 0 radical (unpaired) electrons. The van der Waals surface area contributed by atoms with Gasteiger partial charge in [0, 0.05) is 18.3 Å². The van der Waals surface area contributed by atoms with Crippen LogP contribution in [0.3, 0.4) is 0 Å². The van der Waals surface area contributed by atoms with Crippen LogP contribution in [-0.4, -0.2) is 28.7 Å². The molecule has 1 aliphatic heterocycles. The maximum Gasteiger partial charge on any atom is 0.306 e. The minimum Gasteiger partial charge on any atom is -0.462 e.